The fraction of sp³-hybridized carbons (Fsp3) is 0.214. The van der Waals surface area contributed by atoms with Crippen LogP contribution in [-0.4, -0.2) is 32.0 Å². The van der Waals surface area contributed by atoms with E-state index in [-0.39, 0.29) is 12.5 Å². The van der Waals surface area contributed by atoms with Crippen LogP contribution in [0.1, 0.15) is 0 Å². The highest BCUT2D eigenvalue weighted by molar-refractivity contribution is 5.79. The van der Waals surface area contributed by atoms with E-state index in [0.717, 1.165) is 17.6 Å². The highest BCUT2D eigenvalue weighted by atomic mass is 16.2. The zero-order valence-electron chi connectivity index (χ0n) is 10.9. The van der Waals surface area contributed by atoms with Crippen LogP contribution in [0.2, 0.25) is 0 Å². The van der Waals surface area contributed by atoms with Crippen molar-refractivity contribution in [2.24, 2.45) is 0 Å². The molecule has 1 amide bonds. The number of carbonyl (C=O) groups excluding carboxylic acids is 1. The average Bonchev–Trinajstić information content (AvgIpc) is 3.09. The number of rotatable bonds is 5. The van der Waals surface area contributed by atoms with Crippen molar-refractivity contribution in [1.82, 2.24) is 24.9 Å². The van der Waals surface area contributed by atoms with Gasteiger partial charge in [0.15, 0.2) is 0 Å². The normalized spacial score (nSPS) is 10.8. The van der Waals surface area contributed by atoms with Gasteiger partial charge in [0.2, 0.25) is 5.91 Å². The first kappa shape index (κ1) is 12.4. The lowest BCUT2D eigenvalue weighted by atomic mass is 10.3. The molecule has 0 fully saturated rings. The SMILES string of the molecule is O=C(Cn1nnc2ccccc21)NCCn1cccc1. The number of para-hydroxylation sites is 1. The molecule has 0 saturated carbocycles. The fourth-order valence-corrected chi connectivity index (χ4v) is 2.07. The number of carbonyl (C=O) groups is 1. The van der Waals surface area contributed by atoms with Crippen molar-refractivity contribution < 1.29 is 4.79 Å². The number of amides is 1. The maximum absolute atomic E-state index is 11.9. The lowest BCUT2D eigenvalue weighted by Crippen LogP contribution is -2.30. The molecule has 0 radical (unpaired) electrons. The molecule has 2 heterocycles. The van der Waals surface area contributed by atoms with Gasteiger partial charge in [-0.25, -0.2) is 4.68 Å². The number of nitrogens with zero attached hydrogens (tertiary/aromatic N) is 4. The van der Waals surface area contributed by atoms with Crippen LogP contribution in [0.3, 0.4) is 0 Å². The predicted octanol–water partition coefficient (Wildman–Crippen LogP) is 1.05. The molecule has 1 aromatic carbocycles. The molecule has 3 rings (SSSR count). The predicted molar refractivity (Wildman–Crippen MR) is 75.0 cm³/mol. The van der Waals surface area contributed by atoms with Crippen LogP contribution in [0.15, 0.2) is 48.8 Å². The van der Waals surface area contributed by atoms with E-state index in [9.17, 15) is 4.79 Å². The Morgan fingerprint density at radius 1 is 1.15 bits per heavy atom. The van der Waals surface area contributed by atoms with Gasteiger partial charge < -0.3 is 9.88 Å². The number of aromatic nitrogens is 4. The maximum atomic E-state index is 11.9. The van der Waals surface area contributed by atoms with Crippen molar-refractivity contribution in [1.29, 1.82) is 0 Å². The Hall–Kier alpha value is -2.63. The third-order valence-electron chi connectivity index (χ3n) is 3.07. The van der Waals surface area contributed by atoms with Crippen LogP contribution in [-0.2, 0) is 17.9 Å². The minimum Gasteiger partial charge on any atom is -0.353 e. The number of fused-ring (bicyclic) bond motifs is 1. The third kappa shape index (κ3) is 2.69. The van der Waals surface area contributed by atoms with Crippen LogP contribution in [0, 0.1) is 0 Å². The second kappa shape index (κ2) is 5.56. The molecule has 6 nitrogen and oxygen atoms in total. The van der Waals surface area contributed by atoms with Crippen LogP contribution < -0.4 is 5.32 Å². The number of benzene rings is 1. The van der Waals surface area contributed by atoms with Gasteiger partial charge in [-0.1, -0.05) is 17.3 Å². The first-order valence-corrected chi connectivity index (χ1v) is 6.48. The van der Waals surface area contributed by atoms with Crippen LogP contribution >= 0.6 is 0 Å². The van der Waals surface area contributed by atoms with Gasteiger partial charge in [-0.3, -0.25) is 4.79 Å². The maximum Gasteiger partial charge on any atom is 0.241 e. The summed E-state index contributed by atoms with van der Waals surface area (Å²) in [7, 11) is 0. The number of hydrogen-bond donors (Lipinski definition) is 1. The molecule has 0 atom stereocenters. The summed E-state index contributed by atoms with van der Waals surface area (Å²) in [5, 5.41) is 10.9. The molecule has 2 aromatic heterocycles. The molecule has 1 N–H and O–H groups in total. The Labute approximate surface area is 116 Å². The Balaban J connectivity index is 1.56. The molecular weight excluding hydrogens is 254 g/mol. The number of hydrogen-bond acceptors (Lipinski definition) is 3. The van der Waals surface area contributed by atoms with E-state index in [2.05, 4.69) is 15.6 Å². The van der Waals surface area contributed by atoms with Crippen LogP contribution in [0.25, 0.3) is 11.0 Å². The molecule has 102 valence electrons. The van der Waals surface area contributed by atoms with E-state index < -0.39 is 0 Å². The molecule has 0 saturated heterocycles. The molecule has 0 spiro atoms. The summed E-state index contributed by atoms with van der Waals surface area (Å²) in [6.45, 7) is 1.54. The molecule has 0 unspecified atom stereocenters. The Morgan fingerprint density at radius 3 is 2.80 bits per heavy atom. The molecule has 3 aromatic rings. The quantitative estimate of drug-likeness (QED) is 0.753. The monoisotopic (exact) mass is 269 g/mol. The van der Waals surface area contributed by atoms with Gasteiger partial charge in [0.1, 0.15) is 12.1 Å². The van der Waals surface area contributed by atoms with Gasteiger partial charge in [-0.2, -0.15) is 0 Å². The Morgan fingerprint density at radius 2 is 1.95 bits per heavy atom. The average molecular weight is 269 g/mol. The lowest BCUT2D eigenvalue weighted by molar-refractivity contribution is -0.121. The summed E-state index contributed by atoms with van der Waals surface area (Å²) in [5.74, 6) is -0.0622. The molecule has 0 bridgehead atoms. The molecule has 20 heavy (non-hydrogen) atoms. The number of nitrogens with one attached hydrogen (secondary N) is 1. The van der Waals surface area contributed by atoms with Gasteiger partial charge >= 0.3 is 0 Å². The third-order valence-corrected chi connectivity index (χ3v) is 3.07. The first-order chi connectivity index (χ1) is 9.83. The largest absolute Gasteiger partial charge is 0.353 e. The molecule has 0 aliphatic rings. The minimum atomic E-state index is -0.0622. The van der Waals surface area contributed by atoms with Crippen molar-refractivity contribution in [3.63, 3.8) is 0 Å². The second-order valence-corrected chi connectivity index (χ2v) is 4.51. The molecule has 0 aliphatic heterocycles. The molecular formula is C14H15N5O. The zero-order chi connectivity index (χ0) is 13.8. The smallest absolute Gasteiger partial charge is 0.241 e. The van der Waals surface area contributed by atoms with Crippen molar-refractivity contribution in [2.75, 3.05) is 6.54 Å². The van der Waals surface area contributed by atoms with Gasteiger partial charge in [0.05, 0.1) is 5.52 Å². The van der Waals surface area contributed by atoms with Crippen LogP contribution in [0.4, 0.5) is 0 Å². The van der Waals surface area contributed by atoms with E-state index in [0.29, 0.717) is 6.54 Å². The van der Waals surface area contributed by atoms with E-state index in [1.165, 1.54) is 0 Å². The Kier molecular flexibility index (Phi) is 3.45. The Bertz CT molecular complexity index is 701. The summed E-state index contributed by atoms with van der Waals surface area (Å²) in [5.41, 5.74) is 1.67. The lowest BCUT2D eigenvalue weighted by Gasteiger charge is -2.06. The summed E-state index contributed by atoms with van der Waals surface area (Å²) < 4.78 is 3.63. The van der Waals surface area contributed by atoms with Gasteiger partial charge in [-0.05, 0) is 24.3 Å². The van der Waals surface area contributed by atoms with E-state index in [1.54, 1.807) is 4.68 Å². The van der Waals surface area contributed by atoms with Crippen molar-refractivity contribution in [2.45, 2.75) is 13.1 Å². The van der Waals surface area contributed by atoms with E-state index in [1.807, 2.05) is 53.4 Å². The second-order valence-electron chi connectivity index (χ2n) is 4.51. The highest BCUT2D eigenvalue weighted by Gasteiger charge is 2.07. The van der Waals surface area contributed by atoms with Crippen molar-refractivity contribution in [3.8, 4) is 0 Å². The molecule has 0 aliphatic carbocycles. The van der Waals surface area contributed by atoms with Gasteiger partial charge in [-0.15, -0.1) is 5.10 Å². The van der Waals surface area contributed by atoms with Crippen molar-refractivity contribution in [3.05, 3.63) is 48.8 Å². The summed E-state index contributed by atoms with van der Waals surface area (Å²) in [4.78, 5) is 11.9. The van der Waals surface area contributed by atoms with Gasteiger partial charge in [0.25, 0.3) is 0 Å². The van der Waals surface area contributed by atoms with Gasteiger partial charge in [0, 0.05) is 25.5 Å². The fourth-order valence-electron chi connectivity index (χ4n) is 2.07. The van der Waals surface area contributed by atoms with Crippen LogP contribution in [0.5, 0.6) is 0 Å². The van der Waals surface area contributed by atoms with Crippen molar-refractivity contribution >= 4 is 16.9 Å². The first-order valence-electron chi connectivity index (χ1n) is 6.48. The zero-order valence-corrected chi connectivity index (χ0v) is 10.9. The van der Waals surface area contributed by atoms with E-state index in [4.69, 9.17) is 0 Å². The topological polar surface area (TPSA) is 64.7 Å². The van der Waals surface area contributed by atoms with E-state index >= 15 is 0 Å². The highest BCUT2D eigenvalue weighted by Crippen LogP contribution is 2.08. The summed E-state index contributed by atoms with van der Waals surface area (Å²) >= 11 is 0. The minimum absolute atomic E-state index is 0.0622. The standard InChI is InChI=1S/C14H15N5O/c20-14(15-7-10-18-8-3-4-9-18)11-19-13-6-2-1-5-12(13)16-17-19/h1-6,8-9H,7,10-11H2,(H,15,20). The summed E-state index contributed by atoms with van der Waals surface area (Å²) in [6, 6.07) is 11.5. The molecule has 6 heteroatoms. The summed E-state index contributed by atoms with van der Waals surface area (Å²) in [6.07, 6.45) is 3.94.